The first-order valence-electron chi connectivity index (χ1n) is 6.94. The number of amides is 2. The summed E-state index contributed by atoms with van der Waals surface area (Å²) in [5.74, 6) is -0.445. The van der Waals surface area contributed by atoms with E-state index in [1.807, 2.05) is 6.07 Å². The number of hydrogen-bond acceptors (Lipinski definition) is 5. The smallest absolute Gasteiger partial charge is 0.271 e. The van der Waals surface area contributed by atoms with Crippen molar-refractivity contribution < 1.29 is 9.59 Å². The molecular formula is C15H16N4O2S. The molecule has 0 spiro atoms. The van der Waals surface area contributed by atoms with Crippen molar-refractivity contribution in [2.24, 2.45) is 0 Å². The number of benzene rings is 1. The number of carbonyl (C=O) groups excluding carboxylic acids is 2. The highest BCUT2D eigenvalue weighted by Crippen LogP contribution is 2.18. The monoisotopic (exact) mass is 316 g/mol. The van der Waals surface area contributed by atoms with Gasteiger partial charge < -0.3 is 16.0 Å². The Bertz CT molecular complexity index is 726. The van der Waals surface area contributed by atoms with Gasteiger partial charge in [0.2, 0.25) is 5.91 Å². The molecule has 114 valence electrons. The van der Waals surface area contributed by atoms with Crippen LogP contribution in [-0.4, -0.2) is 16.8 Å². The molecule has 2 heterocycles. The predicted molar refractivity (Wildman–Crippen MR) is 84.6 cm³/mol. The summed E-state index contributed by atoms with van der Waals surface area (Å²) in [5.41, 5.74) is 3.98. The van der Waals surface area contributed by atoms with E-state index in [1.54, 1.807) is 5.38 Å². The number of anilines is 1. The molecule has 1 aromatic carbocycles. The molecule has 0 saturated heterocycles. The van der Waals surface area contributed by atoms with Crippen LogP contribution in [0.25, 0.3) is 0 Å². The van der Waals surface area contributed by atoms with Gasteiger partial charge >= 0.3 is 0 Å². The Labute approximate surface area is 132 Å². The second-order valence-corrected chi connectivity index (χ2v) is 5.97. The first-order valence-corrected chi connectivity index (χ1v) is 7.82. The summed E-state index contributed by atoms with van der Waals surface area (Å²) < 4.78 is 0. The van der Waals surface area contributed by atoms with Crippen LogP contribution < -0.4 is 16.0 Å². The van der Waals surface area contributed by atoms with Gasteiger partial charge in [-0.15, -0.1) is 11.3 Å². The zero-order valence-electron chi connectivity index (χ0n) is 12.1. The minimum Gasteiger partial charge on any atom is -0.347 e. The third kappa shape index (κ3) is 3.32. The van der Waals surface area contributed by atoms with Crippen molar-refractivity contribution in [2.45, 2.75) is 26.6 Å². The lowest BCUT2D eigenvalue weighted by Gasteiger charge is -2.06. The molecule has 1 aliphatic heterocycles. The third-order valence-corrected chi connectivity index (χ3v) is 4.13. The van der Waals surface area contributed by atoms with Crippen LogP contribution in [0.4, 0.5) is 5.13 Å². The number of fused-ring (bicyclic) bond motifs is 1. The molecule has 2 amide bonds. The molecule has 0 atom stereocenters. The van der Waals surface area contributed by atoms with Crippen LogP contribution in [0.2, 0.25) is 0 Å². The standard InChI is InChI=1S/C15H16N4O2S/c1-9(20)18-15-19-13(8-22-15)14(21)17-5-10-2-3-11-6-16-7-12(11)4-10/h2-4,8,16H,5-7H2,1H3,(H,17,21)(H,18,19,20). The first kappa shape index (κ1) is 14.7. The van der Waals surface area contributed by atoms with Gasteiger partial charge in [0.1, 0.15) is 5.69 Å². The van der Waals surface area contributed by atoms with E-state index >= 15 is 0 Å². The predicted octanol–water partition coefficient (Wildman–Crippen LogP) is 1.63. The fraction of sp³-hybridized carbons (Fsp3) is 0.267. The third-order valence-electron chi connectivity index (χ3n) is 3.37. The maximum Gasteiger partial charge on any atom is 0.271 e. The summed E-state index contributed by atoms with van der Waals surface area (Å²) >= 11 is 1.23. The highest BCUT2D eigenvalue weighted by atomic mass is 32.1. The van der Waals surface area contributed by atoms with E-state index in [9.17, 15) is 9.59 Å². The molecule has 2 aromatic rings. The van der Waals surface area contributed by atoms with Crippen molar-refractivity contribution in [3.05, 3.63) is 46.0 Å². The van der Waals surface area contributed by atoms with Gasteiger partial charge in [-0.25, -0.2) is 4.98 Å². The number of nitrogens with one attached hydrogen (secondary N) is 3. The first-order chi connectivity index (χ1) is 10.6. The quantitative estimate of drug-likeness (QED) is 0.801. The number of thiazole rings is 1. The van der Waals surface area contributed by atoms with Gasteiger partial charge in [-0.2, -0.15) is 0 Å². The normalized spacial score (nSPS) is 12.8. The number of carbonyl (C=O) groups is 2. The lowest BCUT2D eigenvalue weighted by atomic mass is 10.1. The highest BCUT2D eigenvalue weighted by Gasteiger charge is 2.13. The highest BCUT2D eigenvalue weighted by molar-refractivity contribution is 7.14. The summed E-state index contributed by atoms with van der Waals surface area (Å²) in [7, 11) is 0. The van der Waals surface area contributed by atoms with E-state index in [1.165, 1.54) is 29.4 Å². The number of rotatable bonds is 4. The Morgan fingerprint density at radius 2 is 2.14 bits per heavy atom. The molecule has 0 unspecified atom stereocenters. The van der Waals surface area contributed by atoms with Crippen LogP contribution in [0.15, 0.2) is 23.6 Å². The summed E-state index contributed by atoms with van der Waals surface area (Å²) in [6, 6.07) is 6.23. The van der Waals surface area contributed by atoms with Gasteiger partial charge in [-0.3, -0.25) is 9.59 Å². The van der Waals surface area contributed by atoms with Crippen molar-refractivity contribution in [3.63, 3.8) is 0 Å². The topological polar surface area (TPSA) is 83.1 Å². The van der Waals surface area contributed by atoms with Gasteiger partial charge in [0, 0.05) is 31.9 Å². The lowest BCUT2D eigenvalue weighted by molar-refractivity contribution is -0.114. The van der Waals surface area contributed by atoms with Gasteiger partial charge in [-0.05, 0) is 16.7 Å². The fourth-order valence-corrected chi connectivity index (χ4v) is 3.05. The Hall–Kier alpha value is -2.25. The second-order valence-electron chi connectivity index (χ2n) is 5.11. The Morgan fingerprint density at radius 1 is 1.32 bits per heavy atom. The number of nitrogens with zero attached hydrogens (tertiary/aromatic N) is 1. The zero-order valence-corrected chi connectivity index (χ0v) is 12.9. The molecular weight excluding hydrogens is 300 g/mol. The number of hydrogen-bond donors (Lipinski definition) is 3. The van der Waals surface area contributed by atoms with E-state index in [0.717, 1.165) is 18.7 Å². The molecule has 0 saturated carbocycles. The van der Waals surface area contributed by atoms with Crippen molar-refractivity contribution >= 4 is 28.3 Å². The Morgan fingerprint density at radius 3 is 2.95 bits per heavy atom. The Kier molecular flexibility index (Phi) is 4.17. The van der Waals surface area contributed by atoms with Crippen molar-refractivity contribution in [1.82, 2.24) is 15.6 Å². The van der Waals surface area contributed by atoms with E-state index in [-0.39, 0.29) is 11.8 Å². The van der Waals surface area contributed by atoms with Gasteiger partial charge in [0.25, 0.3) is 5.91 Å². The summed E-state index contributed by atoms with van der Waals surface area (Å²) in [6.45, 7) is 3.65. The molecule has 0 fully saturated rings. The van der Waals surface area contributed by atoms with Crippen LogP contribution in [0.1, 0.15) is 34.1 Å². The maximum absolute atomic E-state index is 12.1. The zero-order chi connectivity index (χ0) is 15.5. The molecule has 22 heavy (non-hydrogen) atoms. The molecule has 1 aromatic heterocycles. The Balaban J connectivity index is 1.60. The van der Waals surface area contributed by atoms with E-state index in [2.05, 4.69) is 33.1 Å². The molecule has 1 aliphatic rings. The van der Waals surface area contributed by atoms with Gasteiger partial charge in [0.05, 0.1) is 0 Å². The second kappa shape index (κ2) is 6.25. The minimum atomic E-state index is -0.244. The lowest BCUT2D eigenvalue weighted by Crippen LogP contribution is -2.23. The van der Waals surface area contributed by atoms with Crippen LogP contribution in [0, 0.1) is 0 Å². The molecule has 3 rings (SSSR count). The molecule has 3 N–H and O–H groups in total. The molecule has 6 nitrogen and oxygen atoms in total. The largest absolute Gasteiger partial charge is 0.347 e. The average molecular weight is 316 g/mol. The number of aromatic nitrogens is 1. The molecule has 0 bridgehead atoms. The maximum atomic E-state index is 12.1. The fourth-order valence-electron chi connectivity index (χ4n) is 2.32. The summed E-state index contributed by atoms with van der Waals surface area (Å²) in [6.07, 6.45) is 0. The van der Waals surface area contributed by atoms with Crippen LogP contribution in [-0.2, 0) is 24.4 Å². The van der Waals surface area contributed by atoms with Gasteiger partial charge in [0.15, 0.2) is 5.13 Å². The van der Waals surface area contributed by atoms with Crippen molar-refractivity contribution in [3.8, 4) is 0 Å². The van der Waals surface area contributed by atoms with Crippen molar-refractivity contribution in [2.75, 3.05) is 5.32 Å². The minimum absolute atomic E-state index is 0.201. The van der Waals surface area contributed by atoms with Crippen LogP contribution >= 0.6 is 11.3 Å². The van der Waals surface area contributed by atoms with Crippen molar-refractivity contribution in [1.29, 1.82) is 0 Å². The van der Waals surface area contributed by atoms with E-state index < -0.39 is 0 Å². The van der Waals surface area contributed by atoms with Gasteiger partial charge in [-0.1, -0.05) is 18.2 Å². The SMILES string of the molecule is CC(=O)Nc1nc(C(=O)NCc2ccc3c(c2)CNC3)cs1. The average Bonchev–Trinajstić information content (AvgIpc) is 3.12. The molecule has 0 aliphatic carbocycles. The summed E-state index contributed by atoms with van der Waals surface area (Å²) in [4.78, 5) is 27.1. The van der Waals surface area contributed by atoms with E-state index in [0.29, 0.717) is 17.4 Å². The molecule has 0 radical (unpaired) electrons. The summed E-state index contributed by atoms with van der Waals surface area (Å²) in [5, 5.41) is 10.8. The van der Waals surface area contributed by atoms with Crippen LogP contribution in [0.5, 0.6) is 0 Å². The molecule has 7 heteroatoms. The van der Waals surface area contributed by atoms with E-state index in [4.69, 9.17) is 0 Å². The van der Waals surface area contributed by atoms with Crippen LogP contribution in [0.3, 0.4) is 0 Å².